The molecule has 2 aliphatic carbocycles. The average molecular weight is 320 g/mol. The first-order chi connectivity index (χ1) is 10.9. The van der Waals surface area contributed by atoms with Crippen LogP contribution in [0.4, 0.5) is 0 Å². The zero-order valence-corrected chi connectivity index (χ0v) is 14.0. The highest BCUT2D eigenvalue weighted by Crippen LogP contribution is 2.43. The van der Waals surface area contributed by atoms with Gasteiger partial charge in [-0.25, -0.2) is 0 Å². The number of fused-ring (bicyclic) bond motifs is 1. The van der Waals surface area contributed by atoms with Gasteiger partial charge in [-0.3, -0.25) is 4.79 Å². The number of ether oxygens (including phenoxy) is 1. The van der Waals surface area contributed by atoms with Crippen LogP contribution in [-0.2, 0) is 9.53 Å². The maximum atomic E-state index is 11.5. The van der Waals surface area contributed by atoms with E-state index in [0.717, 1.165) is 19.3 Å². The molecule has 0 saturated carbocycles. The van der Waals surface area contributed by atoms with E-state index < -0.39 is 6.10 Å². The summed E-state index contributed by atoms with van der Waals surface area (Å²) in [5, 5.41) is 20.3. The molecule has 0 aromatic carbocycles. The fraction of sp³-hybridized carbons (Fsp3) is 0.737. The SMILES string of the molecule is C[C@@H]1C=C2C=C[C@H](C)[C@H](CC[C@@H]3C[C@H](O)CC(=O)O3)[C@H]2[C@H](O)C1. The molecule has 3 aliphatic rings. The highest BCUT2D eigenvalue weighted by molar-refractivity contribution is 5.70. The van der Waals surface area contributed by atoms with E-state index in [0.29, 0.717) is 24.2 Å². The third-order valence-corrected chi connectivity index (χ3v) is 5.68. The van der Waals surface area contributed by atoms with Crippen LogP contribution >= 0.6 is 0 Å². The fourth-order valence-electron chi connectivity index (χ4n) is 4.55. The summed E-state index contributed by atoms with van der Waals surface area (Å²) in [4.78, 5) is 11.5. The maximum Gasteiger partial charge on any atom is 0.308 e. The minimum Gasteiger partial charge on any atom is -0.462 e. The van der Waals surface area contributed by atoms with Crippen LogP contribution in [0.25, 0.3) is 0 Å². The smallest absolute Gasteiger partial charge is 0.308 e. The maximum absolute atomic E-state index is 11.5. The molecule has 3 rings (SSSR count). The van der Waals surface area contributed by atoms with Crippen LogP contribution < -0.4 is 0 Å². The van der Waals surface area contributed by atoms with Crippen molar-refractivity contribution in [1.29, 1.82) is 0 Å². The van der Waals surface area contributed by atoms with Gasteiger partial charge in [0.1, 0.15) is 6.10 Å². The number of esters is 1. The van der Waals surface area contributed by atoms with E-state index in [1.165, 1.54) is 5.57 Å². The molecule has 4 heteroatoms. The predicted molar refractivity (Wildman–Crippen MR) is 87.5 cm³/mol. The molecule has 1 saturated heterocycles. The Bertz CT molecular complexity index is 509. The van der Waals surface area contributed by atoms with E-state index in [1.807, 2.05) is 0 Å². The Morgan fingerprint density at radius 1 is 1.22 bits per heavy atom. The number of cyclic esters (lactones) is 1. The van der Waals surface area contributed by atoms with Crippen LogP contribution in [0.15, 0.2) is 23.8 Å². The standard InChI is InChI=1S/C19H28O4/c1-11-7-13-4-3-12(2)16(19(13)17(21)8-11)6-5-15-9-14(20)10-18(22)23-15/h3-4,7,11-12,14-17,19-21H,5-6,8-10H2,1-2H3/t11-,12+,14+,15-,16+,17-,19+/m1/s1. The molecule has 4 nitrogen and oxygen atoms in total. The Labute approximate surface area is 138 Å². The van der Waals surface area contributed by atoms with Crippen molar-refractivity contribution >= 4 is 5.97 Å². The summed E-state index contributed by atoms with van der Waals surface area (Å²) in [6.07, 6.45) is 8.80. The molecular formula is C19H28O4. The molecule has 2 N–H and O–H groups in total. The zero-order valence-electron chi connectivity index (χ0n) is 14.0. The number of rotatable bonds is 3. The number of carbonyl (C=O) groups excluding carboxylic acids is 1. The largest absolute Gasteiger partial charge is 0.462 e. The van der Waals surface area contributed by atoms with Crippen LogP contribution in [0.2, 0.25) is 0 Å². The molecule has 23 heavy (non-hydrogen) atoms. The lowest BCUT2D eigenvalue weighted by Gasteiger charge is -2.42. The normalized spacial score (nSPS) is 43.6. The number of hydrogen-bond donors (Lipinski definition) is 2. The van der Waals surface area contributed by atoms with Crippen molar-refractivity contribution in [2.45, 2.75) is 64.3 Å². The number of aliphatic hydroxyl groups is 2. The second kappa shape index (κ2) is 6.78. The molecule has 0 unspecified atom stereocenters. The molecule has 128 valence electrons. The summed E-state index contributed by atoms with van der Waals surface area (Å²) in [6, 6.07) is 0. The average Bonchev–Trinajstić information content (AvgIpc) is 2.45. The van der Waals surface area contributed by atoms with Crippen LogP contribution in [0.1, 0.15) is 46.0 Å². The summed E-state index contributed by atoms with van der Waals surface area (Å²) in [5.74, 6) is 1.09. The van der Waals surface area contributed by atoms with E-state index in [9.17, 15) is 15.0 Å². The van der Waals surface area contributed by atoms with Gasteiger partial charge in [-0.05, 0) is 42.6 Å². The first-order valence-corrected chi connectivity index (χ1v) is 8.89. The van der Waals surface area contributed by atoms with Gasteiger partial charge in [-0.1, -0.05) is 32.1 Å². The van der Waals surface area contributed by atoms with Gasteiger partial charge in [0.15, 0.2) is 0 Å². The minimum atomic E-state index is -0.568. The lowest BCUT2D eigenvalue weighted by atomic mass is 9.65. The third kappa shape index (κ3) is 3.69. The Kier molecular flexibility index (Phi) is 4.93. The van der Waals surface area contributed by atoms with E-state index in [4.69, 9.17) is 4.74 Å². The van der Waals surface area contributed by atoms with Crippen molar-refractivity contribution in [3.63, 3.8) is 0 Å². The molecule has 0 spiro atoms. The molecule has 0 bridgehead atoms. The second-order valence-electron chi connectivity index (χ2n) is 7.64. The summed E-state index contributed by atoms with van der Waals surface area (Å²) in [6.45, 7) is 4.35. The zero-order chi connectivity index (χ0) is 16.6. The summed E-state index contributed by atoms with van der Waals surface area (Å²) < 4.78 is 5.37. The highest BCUT2D eigenvalue weighted by Gasteiger charge is 2.39. The van der Waals surface area contributed by atoms with E-state index >= 15 is 0 Å². The number of allylic oxidation sites excluding steroid dienone is 3. The number of hydrogen-bond acceptors (Lipinski definition) is 4. The van der Waals surface area contributed by atoms with Crippen molar-refractivity contribution < 1.29 is 19.7 Å². The van der Waals surface area contributed by atoms with Gasteiger partial charge in [0.25, 0.3) is 0 Å². The van der Waals surface area contributed by atoms with Crippen LogP contribution in [0.3, 0.4) is 0 Å². The molecule has 1 heterocycles. The molecule has 0 radical (unpaired) electrons. The van der Waals surface area contributed by atoms with Crippen LogP contribution in [0.5, 0.6) is 0 Å². The molecular weight excluding hydrogens is 292 g/mol. The summed E-state index contributed by atoms with van der Waals surface area (Å²) in [5.41, 5.74) is 1.26. The van der Waals surface area contributed by atoms with E-state index in [1.54, 1.807) is 0 Å². The first-order valence-electron chi connectivity index (χ1n) is 8.89. The Hall–Kier alpha value is -1.13. The van der Waals surface area contributed by atoms with Crippen molar-refractivity contribution in [2.75, 3.05) is 0 Å². The van der Waals surface area contributed by atoms with Crippen molar-refractivity contribution in [3.05, 3.63) is 23.8 Å². The summed E-state index contributed by atoms with van der Waals surface area (Å²) in [7, 11) is 0. The van der Waals surface area contributed by atoms with Crippen LogP contribution in [0, 0.1) is 23.7 Å². The molecule has 7 atom stereocenters. The van der Waals surface area contributed by atoms with Gasteiger partial charge in [-0.2, -0.15) is 0 Å². The molecule has 0 aromatic rings. The van der Waals surface area contributed by atoms with Crippen molar-refractivity contribution in [1.82, 2.24) is 0 Å². The number of carbonyl (C=O) groups is 1. The fourth-order valence-corrected chi connectivity index (χ4v) is 4.55. The van der Waals surface area contributed by atoms with Gasteiger partial charge in [0, 0.05) is 12.3 Å². The first kappa shape index (κ1) is 16.7. The van der Waals surface area contributed by atoms with E-state index in [-0.39, 0.29) is 30.5 Å². The molecule has 1 aliphatic heterocycles. The van der Waals surface area contributed by atoms with Crippen LogP contribution in [-0.4, -0.2) is 34.5 Å². The number of aliphatic hydroxyl groups excluding tert-OH is 2. The quantitative estimate of drug-likeness (QED) is 0.785. The lowest BCUT2D eigenvalue weighted by Crippen LogP contribution is -2.39. The Morgan fingerprint density at radius 3 is 2.74 bits per heavy atom. The van der Waals surface area contributed by atoms with Crippen molar-refractivity contribution in [3.8, 4) is 0 Å². The molecule has 1 fully saturated rings. The monoisotopic (exact) mass is 320 g/mol. The highest BCUT2D eigenvalue weighted by atomic mass is 16.5. The van der Waals surface area contributed by atoms with Gasteiger partial charge in [0.2, 0.25) is 0 Å². The van der Waals surface area contributed by atoms with Gasteiger partial charge >= 0.3 is 5.97 Å². The third-order valence-electron chi connectivity index (χ3n) is 5.68. The Balaban J connectivity index is 1.67. The predicted octanol–water partition coefficient (Wildman–Crippen LogP) is 2.60. The van der Waals surface area contributed by atoms with Gasteiger partial charge < -0.3 is 14.9 Å². The second-order valence-corrected chi connectivity index (χ2v) is 7.64. The van der Waals surface area contributed by atoms with Gasteiger partial charge in [0.05, 0.1) is 18.6 Å². The molecule has 0 aromatic heterocycles. The van der Waals surface area contributed by atoms with Gasteiger partial charge in [-0.15, -0.1) is 0 Å². The van der Waals surface area contributed by atoms with E-state index in [2.05, 4.69) is 32.1 Å². The minimum absolute atomic E-state index is 0.116. The Morgan fingerprint density at radius 2 is 2.00 bits per heavy atom. The lowest BCUT2D eigenvalue weighted by molar-refractivity contribution is -0.160. The molecule has 0 amide bonds. The van der Waals surface area contributed by atoms with Crippen molar-refractivity contribution in [2.24, 2.45) is 23.7 Å². The topological polar surface area (TPSA) is 66.8 Å². The summed E-state index contributed by atoms with van der Waals surface area (Å²) >= 11 is 0.